The molecule has 0 radical (unpaired) electrons. The third-order valence-corrected chi connectivity index (χ3v) is 4.26. The van der Waals surface area contributed by atoms with Gasteiger partial charge in [0.05, 0.1) is 19.8 Å². The molecule has 3 N–H and O–H groups in total. The van der Waals surface area contributed by atoms with Crippen LogP contribution in [0.2, 0.25) is 0 Å². The molecule has 128 valence electrons. The van der Waals surface area contributed by atoms with Gasteiger partial charge in [-0.15, -0.1) is 12.4 Å². The molecule has 23 heavy (non-hydrogen) atoms. The molecule has 0 atom stereocenters. The van der Waals surface area contributed by atoms with Gasteiger partial charge in [-0.25, -0.2) is 0 Å². The molecule has 0 fully saturated rings. The van der Waals surface area contributed by atoms with Crippen LogP contribution in [0.4, 0.5) is 0 Å². The van der Waals surface area contributed by atoms with Gasteiger partial charge in [0.15, 0.2) is 0 Å². The summed E-state index contributed by atoms with van der Waals surface area (Å²) in [6, 6.07) is 5.58. The van der Waals surface area contributed by atoms with Crippen LogP contribution in [0.25, 0.3) is 11.0 Å². The van der Waals surface area contributed by atoms with Gasteiger partial charge in [0.1, 0.15) is 11.3 Å². The Hall–Kier alpha value is -1.72. The Bertz CT molecular complexity index is 650. The van der Waals surface area contributed by atoms with Gasteiger partial charge in [0, 0.05) is 29.1 Å². The van der Waals surface area contributed by atoms with Crippen molar-refractivity contribution < 1.29 is 13.9 Å². The van der Waals surface area contributed by atoms with Crippen LogP contribution in [0.3, 0.4) is 0 Å². The minimum Gasteiger partial charge on any atom is -0.497 e. The van der Waals surface area contributed by atoms with E-state index < -0.39 is 0 Å². The number of halogens is 1. The number of amides is 1. The van der Waals surface area contributed by atoms with Crippen LogP contribution in [0.5, 0.6) is 5.75 Å². The Morgan fingerprint density at radius 2 is 2.04 bits per heavy atom. The maximum atomic E-state index is 12.1. The molecular formula is C17H25ClN2O3. The van der Waals surface area contributed by atoms with Gasteiger partial charge in [-0.2, -0.15) is 0 Å². The first-order valence-corrected chi connectivity index (χ1v) is 7.61. The highest BCUT2D eigenvalue weighted by molar-refractivity contribution is 5.88. The van der Waals surface area contributed by atoms with Crippen molar-refractivity contribution in [2.45, 2.75) is 38.6 Å². The summed E-state index contributed by atoms with van der Waals surface area (Å²) in [5.74, 6) is 0.687. The van der Waals surface area contributed by atoms with Crippen LogP contribution in [-0.4, -0.2) is 25.1 Å². The molecule has 1 aromatic carbocycles. The average molecular weight is 341 g/mol. The minimum atomic E-state index is -0.332. The Labute approximate surface area is 143 Å². The number of carbonyl (C=O) groups is 1. The average Bonchev–Trinajstić information content (AvgIpc) is 2.94. The van der Waals surface area contributed by atoms with Crippen molar-refractivity contribution in [3.05, 3.63) is 30.0 Å². The number of nitrogens with two attached hydrogens (primary N) is 1. The minimum absolute atomic E-state index is 0. The molecule has 0 aliphatic heterocycles. The summed E-state index contributed by atoms with van der Waals surface area (Å²) in [6.07, 6.45) is 3.57. The molecule has 0 aliphatic carbocycles. The van der Waals surface area contributed by atoms with Crippen molar-refractivity contribution >= 4 is 29.3 Å². The molecule has 0 unspecified atom stereocenters. The molecule has 1 aromatic heterocycles. The van der Waals surface area contributed by atoms with Crippen LogP contribution >= 0.6 is 12.4 Å². The summed E-state index contributed by atoms with van der Waals surface area (Å²) < 4.78 is 10.7. The molecule has 0 spiro atoms. The lowest BCUT2D eigenvalue weighted by Crippen LogP contribution is -2.49. The summed E-state index contributed by atoms with van der Waals surface area (Å²) in [6.45, 7) is 4.56. The number of fused-ring (bicyclic) bond motifs is 1. The van der Waals surface area contributed by atoms with E-state index in [9.17, 15) is 4.79 Å². The quantitative estimate of drug-likeness (QED) is 0.812. The van der Waals surface area contributed by atoms with Crippen molar-refractivity contribution in [1.82, 2.24) is 5.32 Å². The Morgan fingerprint density at radius 1 is 1.35 bits per heavy atom. The maximum Gasteiger partial charge on any atom is 0.224 e. The first-order chi connectivity index (χ1) is 10.5. The van der Waals surface area contributed by atoms with Gasteiger partial charge < -0.3 is 20.2 Å². The van der Waals surface area contributed by atoms with E-state index in [-0.39, 0.29) is 30.3 Å². The number of hydrogen-bond acceptors (Lipinski definition) is 4. The van der Waals surface area contributed by atoms with E-state index in [4.69, 9.17) is 14.9 Å². The summed E-state index contributed by atoms with van der Waals surface area (Å²) in [5.41, 5.74) is 7.45. The zero-order valence-corrected chi connectivity index (χ0v) is 14.7. The van der Waals surface area contributed by atoms with E-state index in [1.165, 1.54) is 0 Å². The molecule has 0 bridgehead atoms. The van der Waals surface area contributed by atoms with Crippen LogP contribution in [0.1, 0.15) is 32.3 Å². The van der Waals surface area contributed by atoms with Gasteiger partial charge >= 0.3 is 0 Å². The van der Waals surface area contributed by atoms with Crippen molar-refractivity contribution in [2.24, 2.45) is 5.73 Å². The maximum absolute atomic E-state index is 12.1. The van der Waals surface area contributed by atoms with Crippen LogP contribution in [-0.2, 0) is 11.2 Å². The molecule has 0 saturated heterocycles. The molecule has 5 nitrogen and oxygen atoms in total. The number of furan rings is 1. The third-order valence-electron chi connectivity index (χ3n) is 4.26. The van der Waals surface area contributed by atoms with E-state index in [0.29, 0.717) is 6.54 Å². The predicted molar refractivity (Wildman–Crippen MR) is 94.2 cm³/mol. The summed E-state index contributed by atoms with van der Waals surface area (Å²) >= 11 is 0. The summed E-state index contributed by atoms with van der Waals surface area (Å²) in [7, 11) is 1.61. The SMILES string of the molecule is CCC(N)(CC)CNC(=O)Cc1coc2cc(OC)ccc12.Cl. The van der Waals surface area contributed by atoms with Crippen molar-refractivity contribution in [3.8, 4) is 5.75 Å². The monoisotopic (exact) mass is 340 g/mol. The van der Waals surface area contributed by atoms with Crippen LogP contribution in [0.15, 0.2) is 28.9 Å². The number of benzene rings is 1. The van der Waals surface area contributed by atoms with Gasteiger partial charge in [-0.05, 0) is 25.0 Å². The summed E-state index contributed by atoms with van der Waals surface area (Å²) in [5, 5.41) is 3.85. The number of rotatable bonds is 7. The smallest absolute Gasteiger partial charge is 0.224 e. The molecule has 1 heterocycles. The van der Waals surface area contributed by atoms with Crippen molar-refractivity contribution in [1.29, 1.82) is 0 Å². The van der Waals surface area contributed by atoms with E-state index in [0.717, 1.165) is 35.1 Å². The Morgan fingerprint density at radius 3 is 2.65 bits per heavy atom. The molecule has 0 aliphatic rings. The molecule has 0 saturated carbocycles. The lowest BCUT2D eigenvalue weighted by molar-refractivity contribution is -0.120. The molecule has 1 amide bonds. The second-order valence-electron chi connectivity index (χ2n) is 5.65. The highest BCUT2D eigenvalue weighted by atomic mass is 35.5. The molecular weight excluding hydrogens is 316 g/mol. The number of methoxy groups -OCH3 is 1. The Balaban J connectivity index is 0.00000264. The van der Waals surface area contributed by atoms with Gasteiger partial charge in [-0.1, -0.05) is 13.8 Å². The normalized spacial score (nSPS) is 11.1. The third kappa shape index (κ3) is 4.62. The second-order valence-corrected chi connectivity index (χ2v) is 5.65. The van der Waals surface area contributed by atoms with Gasteiger partial charge in [0.25, 0.3) is 0 Å². The first kappa shape index (κ1) is 19.3. The zero-order valence-electron chi connectivity index (χ0n) is 13.8. The standard InChI is InChI=1S/C17H24N2O3.ClH/c1-4-17(18,5-2)11-19-16(20)8-12-10-22-15-9-13(21-3)6-7-14(12)15;/h6-7,9-10H,4-5,8,11,18H2,1-3H3,(H,19,20);1H. The number of ether oxygens (including phenoxy) is 1. The topological polar surface area (TPSA) is 77.5 Å². The molecule has 2 rings (SSSR count). The largest absolute Gasteiger partial charge is 0.497 e. The van der Waals surface area contributed by atoms with Gasteiger partial charge in [0.2, 0.25) is 5.91 Å². The number of nitrogens with one attached hydrogen (secondary N) is 1. The number of hydrogen-bond donors (Lipinski definition) is 2. The molecule has 2 aromatic rings. The van der Waals surface area contributed by atoms with E-state index in [1.54, 1.807) is 13.4 Å². The Kier molecular flexibility index (Phi) is 6.91. The fourth-order valence-electron chi connectivity index (χ4n) is 2.34. The van der Waals surface area contributed by atoms with Gasteiger partial charge in [-0.3, -0.25) is 4.79 Å². The molecule has 6 heteroatoms. The highest BCUT2D eigenvalue weighted by Gasteiger charge is 2.21. The number of carbonyl (C=O) groups excluding carboxylic acids is 1. The predicted octanol–water partition coefficient (Wildman–Crippen LogP) is 3.04. The lowest BCUT2D eigenvalue weighted by atomic mass is 9.94. The fraction of sp³-hybridized carbons (Fsp3) is 0.471. The van der Waals surface area contributed by atoms with Crippen LogP contribution < -0.4 is 15.8 Å². The zero-order chi connectivity index (χ0) is 16.2. The fourth-order valence-corrected chi connectivity index (χ4v) is 2.34. The second kappa shape index (κ2) is 8.22. The highest BCUT2D eigenvalue weighted by Crippen LogP contribution is 2.25. The summed E-state index contributed by atoms with van der Waals surface area (Å²) in [4.78, 5) is 12.1. The van der Waals surface area contributed by atoms with E-state index in [1.807, 2.05) is 32.0 Å². The van der Waals surface area contributed by atoms with E-state index >= 15 is 0 Å². The van der Waals surface area contributed by atoms with E-state index in [2.05, 4.69) is 5.32 Å². The van der Waals surface area contributed by atoms with Crippen molar-refractivity contribution in [2.75, 3.05) is 13.7 Å². The van der Waals surface area contributed by atoms with Crippen molar-refractivity contribution in [3.63, 3.8) is 0 Å². The first-order valence-electron chi connectivity index (χ1n) is 7.61. The lowest BCUT2D eigenvalue weighted by Gasteiger charge is -2.26. The van der Waals surface area contributed by atoms with Crippen LogP contribution in [0, 0.1) is 0 Å².